The predicted octanol–water partition coefficient (Wildman–Crippen LogP) is 4.88. The highest BCUT2D eigenvalue weighted by molar-refractivity contribution is 7.99. The molecule has 0 spiro atoms. The van der Waals surface area contributed by atoms with Gasteiger partial charge in [-0.25, -0.2) is 4.98 Å². The summed E-state index contributed by atoms with van der Waals surface area (Å²) in [6.07, 6.45) is 3.12. The van der Waals surface area contributed by atoms with Crippen LogP contribution in [0.15, 0.2) is 58.5 Å². The monoisotopic (exact) mass is 479 g/mol. The summed E-state index contributed by atoms with van der Waals surface area (Å²) in [5.41, 5.74) is 2.94. The van der Waals surface area contributed by atoms with Gasteiger partial charge in [-0.05, 0) is 63.6 Å². The molecule has 0 radical (unpaired) electrons. The van der Waals surface area contributed by atoms with E-state index < -0.39 is 0 Å². The largest absolute Gasteiger partial charge is 0.379 e. The number of hydrogen-bond donors (Lipinski definition) is 1. The van der Waals surface area contributed by atoms with Crippen molar-refractivity contribution in [1.82, 2.24) is 14.9 Å². The molecule has 6 nitrogen and oxygen atoms in total. The SMILES string of the molecule is Cc1ccc(C(NC(=O)CSc2nc3ccccc3c(=O)n2CCCOC(C)C)C2CC2)cc1. The van der Waals surface area contributed by atoms with E-state index in [9.17, 15) is 9.59 Å². The number of para-hydroxylation sites is 1. The second-order valence-corrected chi connectivity index (χ2v) is 10.2. The fraction of sp³-hybridized carbons (Fsp3) is 0.444. The van der Waals surface area contributed by atoms with Gasteiger partial charge >= 0.3 is 0 Å². The molecule has 1 aliphatic rings. The van der Waals surface area contributed by atoms with Crippen LogP contribution in [0, 0.1) is 12.8 Å². The molecule has 1 aromatic heterocycles. The normalized spacial score (nSPS) is 14.5. The van der Waals surface area contributed by atoms with Crippen LogP contribution in [0.2, 0.25) is 0 Å². The molecule has 1 unspecified atom stereocenters. The van der Waals surface area contributed by atoms with E-state index in [1.807, 2.05) is 32.0 Å². The first kappa shape index (κ1) is 24.5. The van der Waals surface area contributed by atoms with Gasteiger partial charge in [-0.2, -0.15) is 0 Å². The van der Waals surface area contributed by atoms with Crippen LogP contribution in [0.5, 0.6) is 0 Å². The second kappa shape index (κ2) is 11.2. The lowest BCUT2D eigenvalue weighted by atomic mass is 10.0. The lowest BCUT2D eigenvalue weighted by Crippen LogP contribution is -2.31. The van der Waals surface area contributed by atoms with Crippen molar-refractivity contribution in [3.63, 3.8) is 0 Å². The number of carbonyl (C=O) groups is 1. The minimum absolute atomic E-state index is 0.0358. The van der Waals surface area contributed by atoms with Crippen LogP contribution in [-0.2, 0) is 16.1 Å². The maximum absolute atomic E-state index is 13.2. The standard InChI is InChI=1S/C27H33N3O3S/c1-18(2)33-16-6-15-30-26(32)22-7-4-5-8-23(22)28-27(30)34-17-24(31)29-25(21-13-14-21)20-11-9-19(3)10-12-20/h4-5,7-12,18,21,25H,6,13-17H2,1-3H3,(H,29,31). The van der Waals surface area contributed by atoms with E-state index in [4.69, 9.17) is 9.72 Å². The summed E-state index contributed by atoms with van der Waals surface area (Å²) in [5, 5.41) is 4.39. The number of aromatic nitrogens is 2. The van der Waals surface area contributed by atoms with Gasteiger partial charge in [0.05, 0.1) is 28.8 Å². The fourth-order valence-electron chi connectivity index (χ4n) is 4.02. The van der Waals surface area contributed by atoms with Crippen molar-refractivity contribution in [2.45, 2.75) is 63.9 Å². The van der Waals surface area contributed by atoms with Crippen molar-refractivity contribution in [2.75, 3.05) is 12.4 Å². The zero-order valence-electron chi connectivity index (χ0n) is 20.1. The Bertz CT molecular complexity index is 1190. The van der Waals surface area contributed by atoms with E-state index in [1.165, 1.54) is 17.3 Å². The van der Waals surface area contributed by atoms with Crippen LogP contribution in [-0.4, -0.2) is 33.9 Å². The van der Waals surface area contributed by atoms with Crippen LogP contribution >= 0.6 is 11.8 Å². The van der Waals surface area contributed by atoms with Crippen molar-refractivity contribution in [2.24, 2.45) is 5.92 Å². The molecular formula is C27H33N3O3S. The third-order valence-corrected chi connectivity index (χ3v) is 6.96. The lowest BCUT2D eigenvalue weighted by Gasteiger charge is -2.19. The molecule has 0 saturated heterocycles. The zero-order chi connectivity index (χ0) is 24.1. The Morgan fingerprint density at radius 1 is 1.18 bits per heavy atom. The molecule has 1 heterocycles. The minimum Gasteiger partial charge on any atom is -0.379 e. The molecule has 34 heavy (non-hydrogen) atoms. The first-order valence-corrected chi connectivity index (χ1v) is 13.0. The molecular weight excluding hydrogens is 446 g/mol. The minimum atomic E-state index is -0.0754. The van der Waals surface area contributed by atoms with E-state index in [0.717, 1.165) is 18.4 Å². The summed E-state index contributed by atoms with van der Waals surface area (Å²) in [7, 11) is 0. The smallest absolute Gasteiger partial charge is 0.262 e. The molecule has 0 aliphatic heterocycles. The van der Waals surface area contributed by atoms with E-state index in [0.29, 0.717) is 41.5 Å². The number of benzene rings is 2. The molecule has 0 bridgehead atoms. The molecule has 7 heteroatoms. The van der Waals surface area contributed by atoms with Gasteiger partial charge in [0, 0.05) is 13.2 Å². The van der Waals surface area contributed by atoms with Gasteiger partial charge in [-0.3, -0.25) is 14.2 Å². The van der Waals surface area contributed by atoms with Gasteiger partial charge in [0.25, 0.3) is 5.56 Å². The number of aryl methyl sites for hydroxylation is 1. The number of rotatable bonds is 11. The summed E-state index contributed by atoms with van der Waals surface area (Å²) in [4.78, 5) is 30.8. The molecule has 2 aromatic carbocycles. The van der Waals surface area contributed by atoms with Crippen LogP contribution in [0.3, 0.4) is 0 Å². The van der Waals surface area contributed by atoms with E-state index in [-0.39, 0.29) is 29.4 Å². The quantitative estimate of drug-likeness (QED) is 0.241. The number of thioether (sulfide) groups is 1. The first-order valence-electron chi connectivity index (χ1n) is 12.0. The average molecular weight is 480 g/mol. The van der Waals surface area contributed by atoms with Crippen molar-refractivity contribution in [3.8, 4) is 0 Å². The third kappa shape index (κ3) is 6.27. The van der Waals surface area contributed by atoms with E-state index >= 15 is 0 Å². The molecule has 3 aromatic rings. The molecule has 4 rings (SSSR count). The highest BCUT2D eigenvalue weighted by Crippen LogP contribution is 2.41. The Morgan fingerprint density at radius 3 is 2.62 bits per heavy atom. The summed E-state index contributed by atoms with van der Waals surface area (Å²) < 4.78 is 7.33. The van der Waals surface area contributed by atoms with E-state index in [2.05, 4.69) is 36.5 Å². The van der Waals surface area contributed by atoms with Crippen LogP contribution < -0.4 is 10.9 Å². The van der Waals surface area contributed by atoms with E-state index in [1.54, 1.807) is 10.6 Å². The third-order valence-electron chi connectivity index (χ3n) is 5.98. The average Bonchev–Trinajstić information content (AvgIpc) is 3.66. The Kier molecular flexibility index (Phi) is 8.06. The van der Waals surface area contributed by atoms with Gasteiger partial charge in [-0.15, -0.1) is 0 Å². The number of carbonyl (C=O) groups excluding carboxylic acids is 1. The van der Waals surface area contributed by atoms with Crippen molar-refractivity contribution in [1.29, 1.82) is 0 Å². The summed E-state index contributed by atoms with van der Waals surface area (Å²) in [5.74, 6) is 0.664. The van der Waals surface area contributed by atoms with Gasteiger partial charge in [-0.1, -0.05) is 53.7 Å². The molecule has 1 amide bonds. The maximum Gasteiger partial charge on any atom is 0.262 e. The summed E-state index contributed by atoms with van der Waals surface area (Å²) in [6.45, 7) is 7.13. The zero-order valence-corrected chi connectivity index (χ0v) is 20.9. The number of fused-ring (bicyclic) bond motifs is 1. The lowest BCUT2D eigenvalue weighted by molar-refractivity contribution is -0.119. The maximum atomic E-state index is 13.2. The highest BCUT2D eigenvalue weighted by Gasteiger charge is 2.33. The number of nitrogens with one attached hydrogen (secondary N) is 1. The number of hydrogen-bond acceptors (Lipinski definition) is 5. The first-order chi connectivity index (χ1) is 16.4. The van der Waals surface area contributed by atoms with Gasteiger partial charge in [0.2, 0.25) is 5.91 Å². The van der Waals surface area contributed by atoms with Crippen LogP contribution in [0.4, 0.5) is 0 Å². The highest BCUT2D eigenvalue weighted by atomic mass is 32.2. The number of amides is 1. The van der Waals surface area contributed by atoms with Crippen molar-refractivity contribution >= 4 is 28.6 Å². The fourth-order valence-corrected chi connectivity index (χ4v) is 4.86. The molecule has 1 fully saturated rings. The topological polar surface area (TPSA) is 73.2 Å². The Morgan fingerprint density at radius 2 is 1.91 bits per heavy atom. The Hall–Kier alpha value is -2.64. The van der Waals surface area contributed by atoms with Crippen LogP contribution in [0.25, 0.3) is 10.9 Å². The Labute approximate surface area is 205 Å². The predicted molar refractivity (Wildman–Crippen MR) is 137 cm³/mol. The second-order valence-electron chi connectivity index (χ2n) is 9.22. The van der Waals surface area contributed by atoms with Crippen molar-refractivity contribution < 1.29 is 9.53 Å². The number of ether oxygens (including phenoxy) is 1. The van der Waals surface area contributed by atoms with Gasteiger partial charge in [0.1, 0.15) is 0 Å². The number of nitrogens with zero attached hydrogens (tertiary/aromatic N) is 2. The Balaban J connectivity index is 1.47. The summed E-state index contributed by atoms with van der Waals surface area (Å²) in [6, 6.07) is 15.8. The molecule has 1 atom stereocenters. The van der Waals surface area contributed by atoms with Crippen LogP contribution in [0.1, 0.15) is 50.3 Å². The molecule has 180 valence electrons. The molecule has 1 saturated carbocycles. The summed E-state index contributed by atoms with van der Waals surface area (Å²) >= 11 is 1.32. The van der Waals surface area contributed by atoms with Gasteiger partial charge in [0.15, 0.2) is 5.16 Å². The molecule has 1 N–H and O–H groups in total. The van der Waals surface area contributed by atoms with Crippen molar-refractivity contribution in [3.05, 3.63) is 70.0 Å². The van der Waals surface area contributed by atoms with Gasteiger partial charge < -0.3 is 10.1 Å². The molecule has 1 aliphatic carbocycles.